The van der Waals surface area contributed by atoms with Gasteiger partial charge in [0.25, 0.3) is 0 Å². The first-order chi connectivity index (χ1) is 15.4. The Morgan fingerprint density at radius 2 is 1.50 bits per heavy atom. The Hall–Kier alpha value is -1.89. The van der Waals surface area contributed by atoms with E-state index in [0.717, 1.165) is 48.8 Å². The second-order valence-corrected chi connectivity index (χ2v) is 10.0. The average Bonchev–Trinajstić information content (AvgIpc) is 2.79. The molecule has 3 unspecified atom stereocenters. The highest BCUT2D eigenvalue weighted by Gasteiger charge is 2.17. The van der Waals surface area contributed by atoms with Gasteiger partial charge in [-0.25, -0.2) is 0 Å². The van der Waals surface area contributed by atoms with Crippen LogP contribution in [0.3, 0.4) is 0 Å². The third kappa shape index (κ3) is 7.91. The molecule has 1 nitrogen and oxygen atoms in total. The zero-order chi connectivity index (χ0) is 23.5. The van der Waals surface area contributed by atoms with Crippen LogP contribution in [0.5, 0.6) is 0 Å². The van der Waals surface area contributed by atoms with Crippen LogP contribution in [0.25, 0.3) is 0 Å². The van der Waals surface area contributed by atoms with Crippen LogP contribution in [-0.2, 0) is 12.8 Å². The largest absolute Gasteiger partial charge is 0.305 e. The molecule has 0 aliphatic rings. The molecule has 1 heteroatoms. The molecule has 0 heterocycles. The predicted octanol–water partition coefficient (Wildman–Crippen LogP) is 9.29. The van der Waals surface area contributed by atoms with E-state index in [4.69, 9.17) is 5.41 Å². The van der Waals surface area contributed by atoms with Crippen molar-refractivity contribution in [2.24, 2.45) is 11.8 Å². The summed E-state index contributed by atoms with van der Waals surface area (Å²) in [7, 11) is 0. The molecule has 2 rings (SSSR count). The molecule has 0 aliphatic heterocycles. The molecule has 2 aromatic carbocycles. The van der Waals surface area contributed by atoms with Crippen molar-refractivity contribution in [3.05, 3.63) is 70.3 Å². The molecular formula is C31H47N. The maximum Gasteiger partial charge on any atom is 0.0386 e. The lowest BCUT2D eigenvalue weighted by Crippen LogP contribution is -2.11. The Labute approximate surface area is 198 Å². The van der Waals surface area contributed by atoms with Crippen molar-refractivity contribution in [1.82, 2.24) is 0 Å². The third-order valence-electron chi connectivity index (χ3n) is 7.33. The summed E-state index contributed by atoms with van der Waals surface area (Å²) in [5.74, 6) is 2.17. The summed E-state index contributed by atoms with van der Waals surface area (Å²) in [4.78, 5) is 0. The molecule has 0 radical (unpaired) electrons. The van der Waals surface area contributed by atoms with Crippen LogP contribution in [0, 0.1) is 24.2 Å². The van der Waals surface area contributed by atoms with E-state index in [1.807, 2.05) is 0 Å². The van der Waals surface area contributed by atoms with Gasteiger partial charge in [-0.2, -0.15) is 0 Å². The van der Waals surface area contributed by atoms with Crippen LogP contribution >= 0.6 is 0 Å². The Bertz CT molecular complexity index is 795. The van der Waals surface area contributed by atoms with Crippen LogP contribution in [0.4, 0.5) is 0 Å². The van der Waals surface area contributed by atoms with Crippen molar-refractivity contribution in [2.75, 3.05) is 0 Å². The third-order valence-corrected chi connectivity index (χ3v) is 7.33. The van der Waals surface area contributed by atoms with Crippen molar-refractivity contribution in [1.29, 1.82) is 5.41 Å². The molecule has 0 saturated carbocycles. The summed E-state index contributed by atoms with van der Waals surface area (Å²) >= 11 is 0. The first-order valence-corrected chi connectivity index (χ1v) is 13.1. The van der Waals surface area contributed by atoms with Gasteiger partial charge in [-0.05, 0) is 103 Å². The molecule has 0 spiro atoms. The predicted molar refractivity (Wildman–Crippen MR) is 142 cm³/mol. The van der Waals surface area contributed by atoms with Gasteiger partial charge in [0.2, 0.25) is 0 Å². The van der Waals surface area contributed by atoms with Gasteiger partial charge >= 0.3 is 0 Å². The minimum absolute atomic E-state index is 0.628. The molecule has 0 fully saturated rings. The van der Waals surface area contributed by atoms with Crippen LogP contribution in [0.2, 0.25) is 0 Å². The second-order valence-electron chi connectivity index (χ2n) is 10.0. The molecule has 0 bridgehead atoms. The van der Waals surface area contributed by atoms with E-state index in [-0.39, 0.29) is 0 Å². The Kier molecular flexibility index (Phi) is 11.2. The van der Waals surface area contributed by atoms with E-state index < -0.39 is 0 Å². The fourth-order valence-electron chi connectivity index (χ4n) is 5.44. The van der Waals surface area contributed by atoms with Gasteiger partial charge < -0.3 is 5.41 Å². The molecule has 176 valence electrons. The highest BCUT2D eigenvalue weighted by Crippen LogP contribution is 2.30. The van der Waals surface area contributed by atoms with Crippen molar-refractivity contribution in [3.63, 3.8) is 0 Å². The molecule has 0 aliphatic carbocycles. The van der Waals surface area contributed by atoms with Gasteiger partial charge in [-0.3, -0.25) is 0 Å². The SMILES string of the molecule is CCCC(CCCC(=N)c1cc(CC)c(C)c(CC)c1)CC(C)CC(C)c1ccccc1. The lowest BCUT2D eigenvalue weighted by molar-refractivity contribution is 0.321. The van der Waals surface area contributed by atoms with Crippen molar-refractivity contribution < 1.29 is 0 Å². The fraction of sp³-hybridized carbons (Fsp3) is 0.581. The van der Waals surface area contributed by atoms with Gasteiger partial charge in [0.15, 0.2) is 0 Å². The van der Waals surface area contributed by atoms with Crippen LogP contribution in [0.1, 0.15) is 113 Å². The van der Waals surface area contributed by atoms with Crippen molar-refractivity contribution in [2.45, 2.75) is 105 Å². The lowest BCUT2D eigenvalue weighted by Gasteiger charge is -2.23. The van der Waals surface area contributed by atoms with Gasteiger partial charge in [-0.1, -0.05) is 84.2 Å². The maximum absolute atomic E-state index is 8.72. The smallest absolute Gasteiger partial charge is 0.0386 e. The molecule has 0 aromatic heterocycles. The summed E-state index contributed by atoms with van der Waals surface area (Å²) < 4.78 is 0. The standard InChI is InChI=1S/C31H47N/c1-7-14-26(20-23(4)19-24(5)29-16-11-10-12-17-29)15-13-18-31(32)30-21-27(8-2)25(6)28(9-3)22-30/h10-12,16-17,21-24,26,32H,7-9,13-15,18-20H2,1-6H3. The van der Waals surface area contributed by atoms with Gasteiger partial charge in [0.05, 0.1) is 0 Å². The van der Waals surface area contributed by atoms with Crippen molar-refractivity contribution >= 4 is 5.71 Å². The summed E-state index contributed by atoms with van der Waals surface area (Å²) in [5.41, 5.74) is 7.70. The van der Waals surface area contributed by atoms with Gasteiger partial charge in [0, 0.05) is 5.71 Å². The summed E-state index contributed by atoms with van der Waals surface area (Å²) in [6.45, 7) is 13.8. The van der Waals surface area contributed by atoms with E-state index in [9.17, 15) is 0 Å². The van der Waals surface area contributed by atoms with Gasteiger partial charge in [-0.15, -0.1) is 0 Å². The maximum atomic E-state index is 8.72. The highest BCUT2D eigenvalue weighted by molar-refractivity contribution is 5.98. The highest BCUT2D eigenvalue weighted by atomic mass is 14.4. The fourth-order valence-corrected chi connectivity index (χ4v) is 5.44. The minimum atomic E-state index is 0.628. The van der Waals surface area contributed by atoms with E-state index in [0.29, 0.717) is 5.92 Å². The number of aryl methyl sites for hydroxylation is 2. The normalized spacial score (nSPS) is 14.2. The Balaban J connectivity index is 1.89. The average molecular weight is 434 g/mol. The molecule has 1 N–H and O–H groups in total. The summed E-state index contributed by atoms with van der Waals surface area (Å²) in [6.07, 6.45) is 10.6. The van der Waals surface area contributed by atoms with Crippen LogP contribution in [-0.4, -0.2) is 5.71 Å². The topological polar surface area (TPSA) is 23.9 Å². The first kappa shape index (κ1) is 26.4. The monoisotopic (exact) mass is 433 g/mol. The zero-order valence-corrected chi connectivity index (χ0v) is 21.6. The number of hydrogen-bond donors (Lipinski definition) is 1. The second kappa shape index (κ2) is 13.6. The lowest BCUT2D eigenvalue weighted by atomic mass is 9.82. The Morgan fingerprint density at radius 3 is 2.06 bits per heavy atom. The van der Waals surface area contributed by atoms with Crippen molar-refractivity contribution in [3.8, 4) is 0 Å². The van der Waals surface area contributed by atoms with E-state index in [1.165, 1.54) is 54.4 Å². The molecule has 0 amide bonds. The molecule has 0 saturated heterocycles. The molecule has 2 aromatic rings. The number of hydrogen-bond acceptors (Lipinski definition) is 1. The summed E-state index contributed by atoms with van der Waals surface area (Å²) in [6, 6.07) is 15.5. The minimum Gasteiger partial charge on any atom is -0.305 e. The van der Waals surface area contributed by atoms with E-state index >= 15 is 0 Å². The first-order valence-electron chi connectivity index (χ1n) is 13.1. The van der Waals surface area contributed by atoms with Gasteiger partial charge in [0.1, 0.15) is 0 Å². The number of benzene rings is 2. The zero-order valence-electron chi connectivity index (χ0n) is 21.6. The Morgan fingerprint density at radius 1 is 0.875 bits per heavy atom. The van der Waals surface area contributed by atoms with E-state index in [2.05, 4.69) is 84.0 Å². The quantitative estimate of drug-likeness (QED) is 0.287. The van der Waals surface area contributed by atoms with Crippen LogP contribution in [0.15, 0.2) is 42.5 Å². The number of rotatable bonds is 14. The summed E-state index contributed by atoms with van der Waals surface area (Å²) in [5, 5.41) is 8.72. The number of nitrogens with one attached hydrogen (secondary N) is 1. The van der Waals surface area contributed by atoms with E-state index in [1.54, 1.807) is 0 Å². The molecule has 3 atom stereocenters. The molecular weight excluding hydrogens is 386 g/mol. The van der Waals surface area contributed by atoms with Crippen LogP contribution < -0.4 is 0 Å². The molecule has 32 heavy (non-hydrogen) atoms.